The Labute approximate surface area is 88.8 Å². The van der Waals surface area contributed by atoms with Crippen molar-refractivity contribution < 1.29 is 0 Å². The van der Waals surface area contributed by atoms with Gasteiger partial charge in [0.05, 0.1) is 0 Å². The summed E-state index contributed by atoms with van der Waals surface area (Å²) in [5.74, 6) is 0. The molecule has 1 aliphatic rings. The van der Waals surface area contributed by atoms with Crippen molar-refractivity contribution >= 4 is 0 Å². The molecule has 0 amide bonds. The molecule has 0 heterocycles. The first kappa shape index (κ1) is 12.0. The summed E-state index contributed by atoms with van der Waals surface area (Å²) in [5.41, 5.74) is 6.17. The van der Waals surface area contributed by atoms with Crippen molar-refractivity contribution in [3.8, 4) is 0 Å². The highest BCUT2D eigenvalue weighted by atomic mass is 15.1. The predicted octanol–water partition coefficient (Wildman–Crippen LogP) is 2.38. The number of hydrogen-bond acceptors (Lipinski definition) is 2. The zero-order valence-corrected chi connectivity index (χ0v) is 10.1. The van der Waals surface area contributed by atoms with Crippen LogP contribution in [0, 0.1) is 0 Å². The van der Waals surface area contributed by atoms with E-state index >= 15 is 0 Å². The Balaban J connectivity index is 2.36. The summed E-state index contributed by atoms with van der Waals surface area (Å²) in [4.78, 5) is 2.47. The first-order chi connectivity index (χ1) is 6.55. The number of nitrogens with two attached hydrogens (primary N) is 1. The highest BCUT2D eigenvalue weighted by molar-refractivity contribution is 4.83. The lowest BCUT2D eigenvalue weighted by Crippen LogP contribution is -2.49. The molecule has 2 heteroatoms. The third-order valence-electron chi connectivity index (χ3n) is 3.62. The second-order valence-corrected chi connectivity index (χ2v) is 5.21. The molecule has 1 aliphatic carbocycles. The molecular weight excluding hydrogens is 172 g/mol. The minimum atomic E-state index is -0.00774. The molecule has 0 bridgehead atoms. The van der Waals surface area contributed by atoms with Gasteiger partial charge in [-0.25, -0.2) is 0 Å². The fraction of sp³-hybridized carbons (Fsp3) is 1.00. The number of likely N-dealkylation sites (N-methyl/N-ethyl adjacent to an activating group) is 1. The summed E-state index contributed by atoms with van der Waals surface area (Å²) >= 11 is 0. The summed E-state index contributed by atoms with van der Waals surface area (Å²) in [5, 5.41) is 0. The minimum Gasteiger partial charge on any atom is -0.324 e. The molecule has 0 aromatic rings. The maximum atomic E-state index is 6.18. The molecule has 0 aromatic carbocycles. The van der Waals surface area contributed by atoms with Crippen molar-refractivity contribution in [2.24, 2.45) is 5.73 Å². The van der Waals surface area contributed by atoms with Gasteiger partial charge in [0, 0.05) is 18.1 Å². The van der Waals surface area contributed by atoms with Crippen LogP contribution in [0.1, 0.15) is 52.4 Å². The third-order valence-corrected chi connectivity index (χ3v) is 3.62. The first-order valence-corrected chi connectivity index (χ1v) is 6.04. The standard InChI is InChI=1S/C12H26N2/c1-4-12(2,13)10-14(3)11-8-6-5-7-9-11/h11H,4-10,13H2,1-3H3. The van der Waals surface area contributed by atoms with Crippen molar-refractivity contribution in [1.82, 2.24) is 4.90 Å². The van der Waals surface area contributed by atoms with Gasteiger partial charge in [0.15, 0.2) is 0 Å². The summed E-state index contributed by atoms with van der Waals surface area (Å²) in [7, 11) is 2.23. The minimum absolute atomic E-state index is 0.00774. The van der Waals surface area contributed by atoms with E-state index in [1.807, 2.05) is 0 Å². The predicted molar refractivity (Wildman–Crippen MR) is 62.4 cm³/mol. The van der Waals surface area contributed by atoms with Crippen LogP contribution in [-0.4, -0.2) is 30.1 Å². The van der Waals surface area contributed by atoms with Gasteiger partial charge in [-0.15, -0.1) is 0 Å². The van der Waals surface area contributed by atoms with Gasteiger partial charge in [0.1, 0.15) is 0 Å². The summed E-state index contributed by atoms with van der Waals surface area (Å²) < 4.78 is 0. The van der Waals surface area contributed by atoms with E-state index in [-0.39, 0.29) is 5.54 Å². The Kier molecular flexibility index (Phi) is 4.39. The normalized spacial score (nSPS) is 23.8. The monoisotopic (exact) mass is 198 g/mol. The van der Waals surface area contributed by atoms with Crippen LogP contribution < -0.4 is 5.73 Å². The molecule has 2 nitrogen and oxygen atoms in total. The maximum Gasteiger partial charge on any atom is 0.0252 e. The van der Waals surface area contributed by atoms with Crippen molar-refractivity contribution in [3.05, 3.63) is 0 Å². The molecule has 1 saturated carbocycles. The van der Waals surface area contributed by atoms with Gasteiger partial charge < -0.3 is 10.6 Å². The zero-order chi connectivity index (χ0) is 10.6. The van der Waals surface area contributed by atoms with E-state index in [1.165, 1.54) is 32.1 Å². The van der Waals surface area contributed by atoms with Crippen LogP contribution in [0.2, 0.25) is 0 Å². The highest BCUT2D eigenvalue weighted by Gasteiger charge is 2.24. The quantitative estimate of drug-likeness (QED) is 0.751. The number of hydrogen-bond donors (Lipinski definition) is 1. The second-order valence-electron chi connectivity index (χ2n) is 5.21. The largest absolute Gasteiger partial charge is 0.324 e. The van der Waals surface area contributed by atoms with Gasteiger partial charge in [0.2, 0.25) is 0 Å². The molecule has 1 unspecified atom stereocenters. The van der Waals surface area contributed by atoms with E-state index < -0.39 is 0 Å². The molecule has 0 radical (unpaired) electrons. The molecular formula is C12H26N2. The fourth-order valence-corrected chi connectivity index (χ4v) is 2.33. The molecule has 0 spiro atoms. The van der Waals surface area contributed by atoms with Crippen molar-refractivity contribution in [1.29, 1.82) is 0 Å². The Morgan fingerprint density at radius 1 is 1.29 bits per heavy atom. The maximum absolute atomic E-state index is 6.18. The molecule has 0 aliphatic heterocycles. The average molecular weight is 198 g/mol. The Hall–Kier alpha value is -0.0800. The van der Waals surface area contributed by atoms with Crippen LogP contribution in [0.4, 0.5) is 0 Å². The molecule has 84 valence electrons. The van der Waals surface area contributed by atoms with E-state index in [9.17, 15) is 0 Å². The third kappa shape index (κ3) is 3.58. The van der Waals surface area contributed by atoms with Crippen molar-refractivity contribution in [2.75, 3.05) is 13.6 Å². The number of rotatable bonds is 4. The lowest BCUT2D eigenvalue weighted by atomic mass is 9.92. The molecule has 14 heavy (non-hydrogen) atoms. The summed E-state index contributed by atoms with van der Waals surface area (Å²) in [6.07, 6.45) is 8.04. The smallest absolute Gasteiger partial charge is 0.0252 e. The Bertz CT molecular complexity index is 160. The molecule has 0 saturated heterocycles. The van der Waals surface area contributed by atoms with Crippen LogP contribution in [0.25, 0.3) is 0 Å². The van der Waals surface area contributed by atoms with E-state index in [0.717, 1.165) is 19.0 Å². The average Bonchev–Trinajstić information content (AvgIpc) is 2.19. The van der Waals surface area contributed by atoms with Crippen molar-refractivity contribution in [2.45, 2.75) is 64.0 Å². The summed E-state index contributed by atoms with van der Waals surface area (Å²) in [6, 6.07) is 0.790. The van der Waals surface area contributed by atoms with E-state index in [1.54, 1.807) is 0 Å². The van der Waals surface area contributed by atoms with E-state index in [4.69, 9.17) is 5.73 Å². The Morgan fingerprint density at radius 3 is 2.36 bits per heavy atom. The second kappa shape index (κ2) is 5.13. The zero-order valence-electron chi connectivity index (χ0n) is 10.1. The fourth-order valence-electron chi connectivity index (χ4n) is 2.33. The molecule has 1 fully saturated rings. The van der Waals surface area contributed by atoms with Crippen LogP contribution in [0.3, 0.4) is 0 Å². The topological polar surface area (TPSA) is 29.3 Å². The van der Waals surface area contributed by atoms with Crippen molar-refractivity contribution in [3.63, 3.8) is 0 Å². The number of nitrogens with zero attached hydrogens (tertiary/aromatic N) is 1. The first-order valence-electron chi connectivity index (χ1n) is 6.04. The van der Waals surface area contributed by atoms with Crippen LogP contribution in [0.5, 0.6) is 0 Å². The Morgan fingerprint density at radius 2 is 1.86 bits per heavy atom. The SMILES string of the molecule is CCC(C)(N)CN(C)C1CCCCC1. The van der Waals surface area contributed by atoms with Crippen LogP contribution in [-0.2, 0) is 0 Å². The van der Waals surface area contributed by atoms with Gasteiger partial charge in [-0.3, -0.25) is 0 Å². The van der Waals surface area contributed by atoms with E-state index in [0.29, 0.717) is 0 Å². The van der Waals surface area contributed by atoms with Gasteiger partial charge >= 0.3 is 0 Å². The van der Waals surface area contributed by atoms with Gasteiger partial charge in [-0.05, 0) is 33.2 Å². The van der Waals surface area contributed by atoms with Gasteiger partial charge in [-0.1, -0.05) is 26.2 Å². The van der Waals surface area contributed by atoms with Crippen LogP contribution >= 0.6 is 0 Å². The lowest BCUT2D eigenvalue weighted by molar-refractivity contribution is 0.156. The highest BCUT2D eigenvalue weighted by Crippen LogP contribution is 2.22. The molecule has 2 N–H and O–H groups in total. The molecule has 1 atom stereocenters. The summed E-state index contributed by atoms with van der Waals surface area (Å²) in [6.45, 7) is 5.37. The van der Waals surface area contributed by atoms with Gasteiger partial charge in [0.25, 0.3) is 0 Å². The lowest BCUT2D eigenvalue weighted by Gasteiger charge is -2.36. The van der Waals surface area contributed by atoms with Crippen LogP contribution in [0.15, 0.2) is 0 Å². The molecule has 1 rings (SSSR count). The molecule has 0 aromatic heterocycles. The van der Waals surface area contributed by atoms with E-state index in [2.05, 4.69) is 25.8 Å². The van der Waals surface area contributed by atoms with Gasteiger partial charge in [-0.2, -0.15) is 0 Å².